The molecule has 2 fully saturated rings. The summed E-state index contributed by atoms with van der Waals surface area (Å²) in [5.41, 5.74) is 1.93. The molecule has 2 aromatic heterocycles. The number of nitrogens with zero attached hydrogens (tertiary/aromatic N) is 3. The number of hydrogen-bond donors (Lipinski definition) is 3. The number of likely N-dealkylation sites (tertiary alicyclic amines) is 1. The first-order valence-corrected chi connectivity index (χ1v) is 15.2. The molecule has 2 amide bonds. The highest BCUT2D eigenvalue weighted by Gasteiger charge is 2.32. The maximum Gasteiger partial charge on any atom is 0.263 e. The Morgan fingerprint density at radius 1 is 1.09 bits per heavy atom. The van der Waals surface area contributed by atoms with E-state index >= 15 is 0 Å². The number of hydrogen-bond acceptors (Lipinski definition) is 7. The van der Waals surface area contributed by atoms with Crippen LogP contribution in [0.25, 0.3) is 11.1 Å². The van der Waals surface area contributed by atoms with Crippen molar-refractivity contribution in [2.45, 2.75) is 64.5 Å². The van der Waals surface area contributed by atoms with Crippen molar-refractivity contribution < 1.29 is 18.7 Å². The maximum atomic E-state index is 13.6. The van der Waals surface area contributed by atoms with Crippen LogP contribution in [-0.2, 0) is 11.3 Å². The lowest BCUT2D eigenvalue weighted by molar-refractivity contribution is 0.0401. The van der Waals surface area contributed by atoms with Crippen molar-refractivity contribution in [3.05, 3.63) is 74.7 Å². The third-order valence-corrected chi connectivity index (χ3v) is 7.83. The normalized spacial score (nSPS) is 15.7. The van der Waals surface area contributed by atoms with Gasteiger partial charge in [-0.3, -0.25) is 14.4 Å². The van der Waals surface area contributed by atoms with Gasteiger partial charge in [0.25, 0.3) is 17.4 Å². The minimum Gasteiger partial charge on any atom is -0.380 e. The lowest BCUT2D eigenvalue weighted by Crippen LogP contribution is -2.51. The summed E-state index contributed by atoms with van der Waals surface area (Å²) < 4.78 is 20.5. The zero-order valence-electron chi connectivity index (χ0n) is 25.3. The molecule has 3 aromatic rings. The number of ether oxygens (including phenoxy) is 1. The summed E-state index contributed by atoms with van der Waals surface area (Å²) >= 11 is 6.26. The highest BCUT2D eigenvalue weighted by Crippen LogP contribution is 2.34. The Kier molecular flexibility index (Phi) is 9.67. The monoisotopic (exact) mass is 624 g/mol. The second kappa shape index (κ2) is 13.5. The molecule has 44 heavy (non-hydrogen) atoms. The van der Waals surface area contributed by atoms with Gasteiger partial charge in [-0.1, -0.05) is 17.7 Å². The smallest absolute Gasteiger partial charge is 0.263 e. The Morgan fingerprint density at radius 3 is 2.48 bits per heavy atom. The second-order valence-electron chi connectivity index (χ2n) is 11.8. The summed E-state index contributed by atoms with van der Waals surface area (Å²) in [5, 5.41) is 9.75. The van der Waals surface area contributed by atoms with Crippen molar-refractivity contribution in [3.63, 3.8) is 0 Å². The van der Waals surface area contributed by atoms with Gasteiger partial charge in [0.15, 0.2) is 0 Å². The van der Waals surface area contributed by atoms with Crippen molar-refractivity contribution >= 4 is 35.1 Å². The first kappa shape index (κ1) is 31.6. The van der Waals surface area contributed by atoms with Gasteiger partial charge in [-0.05, 0) is 80.6 Å². The van der Waals surface area contributed by atoms with Crippen LogP contribution in [0.2, 0.25) is 5.02 Å². The number of aromatic nitrogens is 2. The molecule has 1 atom stereocenters. The second-order valence-corrected chi connectivity index (χ2v) is 12.2. The molecule has 0 unspecified atom stereocenters. The van der Waals surface area contributed by atoms with Crippen molar-refractivity contribution in [1.29, 1.82) is 0 Å². The third-order valence-electron chi connectivity index (χ3n) is 7.60. The number of carbonyl (C=O) groups excluding carboxylic acids is 2. The van der Waals surface area contributed by atoms with Gasteiger partial charge in [0, 0.05) is 49.1 Å². The van der Waals surface area contributed by atoms with Crippen LogP contribution in [0.4, 0.5) is 16.0 Å². The fourth-order valence-electron chi connectivity index (χ4n) is 5.06. The van der Waals surface area contributed by atoms with Crippen LogP contribution in [0.5, 0.6) is 0 Å². The Hall–Kier alpha value is -3.80. The van der Waals surface area contributed by atoms with E-state index in [2.05, 4.69) is 20.9 Å². The van der Waals surface area contributed by atoms with Crippen LogP contribution in [0.1, 0.15) is 65.9 Å². The largest absolute Gasteiger partial charge is 0.380 e. The van der Waals surface area contributed by atoms with E-state index in [1.807, 2.05) is 27.0 Å². The molecule has 0 bridgehead atoms. The molecule has 3 heterocycles. The van der Waals surface area contributed by atoms with Gasteiger partial charge >= 0.3 is 0 Å². The fraction of sp³-hybridized carbons (Fsp3) is 0.438. The van der Waals surface area contributed by atoms with Crippen LogP contribution in [0.15, 0.2) is 47.4 Å². The van der Waals surface area contributed by atoms with E-state index in [4.69, 9.17) is 16.3 Å². The number of anilines is 2. The predicted octanol–water partition coefficient (Wildman–Crippen LogP) is 4.89. The van der Waals surface area contributed by atoms with E-state index in [1.54, 1.807) is 48.1 Å². The van der Waals surface area contributed by atoms with Gasteiger partial charge in [0.2, 0.25) is 0 Å². The first-order valence-electron chi connectivity index (χ1n) is 14.8. The first-order chi connectivity index (χ1) is 21.0. The molecule has 1 aliphatic carbocycles. The number of carbonyl (C=O) groups is 2. The van der Waals surface area contributed by atoms with Gasteiger partial charge in [0.05, 0.1) is 19.2 Å². The number of methoxy groups -OCH3 is 1. The summed E-state index contributed by atoms with van der Waals surface area (Å²) in [6.45, 7) is 6.99. The van der Waals surface area contributed by atoms with Crippen LogP contribution in [0, 0.1) is 0 Å². The summed E-state index contributed by atoms with van der Waals surface area (Å²) in [6.07, 6.45) is 2.56. The topological polar surface area (TPSA) is 118 Å². The molecular weight excluding hydrogens is 587 g/mol. The van der Waals surface area contributed by atoms with E-state index in [-0.39, 0.29) is 54.1 Å². The van der Waals surface area contributed by atoms with E-state index in [0.717, 1.165) is 18.4 Å². The minimum atomic E-state index is -1.04. The number of pyridine rings is 2. The van der Waals surface area contributed by atoms with E-state index < -0.39 is 12.1 Å². The summed E-state index contributed by atoms with van der Waals surface area (Å²) in [4.78, 5) is 46.3. The van der Waals surface area contributed by atoms with E-state index in [1.165, 1.54) is 4.90 Å². The van der Waals surface area contributed by atoms with Crippen molar-refractivity contribution in [2.24, 2.45) is 0 Å². The Balaban J connectivity index is 1.48. The highest BCUT2D eigenvalue weighted by atomic mass is 35.5. The molecule has 0 radical (unpaired) electrons. The highest BCUT2D eigenvalue weighted by molar-refractivity contribution is 6.31. The van der Waals surface area contributed by atoms with Crippen LogP contribution in [0.3, 0.4) is 0 Å². The molecule has 1 saturated heterocycles. The molecule has 5 rings (SSSR count). The number of amides is 2. The van der Waals surface area contributed by atoms with Crippen molar-refractivity contribution in [3.8, 4) is 11.1 Å². The Labute approximate surface area is 260 Å². The number of benzene rings is 1. The minimum absolute atomic E-state index is 0.0158. The fourth-order valence-corrected chi connectivity index (χ4v) is 5.23. The average molecular weight is 625 g/mol. The number of alkyl halides is 1. The van der Waals surface area contributed by atoms with Crippen LogP contribution in [-0.4, -0.2) is 71.3 Å². The number of rotatable bonds is 12. The molecular formula is C32H38ClFN6O4. The molecule has 234 valence electrons. The van der Waals surface area contributed by atoms with Gasteiger partial charge in [-0.15, -0.1) is 0 Å². The standard InChI is InChI=1S/C32H38ClFN6O4/c1-18(2)36-28-10-21(25-8-5-22(33)12-26(25)31(42)39-16-23(34)17-39)11-29(37-28)38-30(41)27-9-20(14-35-13-19(3)44-4)15-40(32(27)43)24-6-7-24/h5,8-12,15,18-19,23-24,35H,6-7,13-14,16-17H2,1-4H3,(H2,36,37,38,41)/t19-/m0/s1. The van der Waals surface area contributed by atoms with E-state index in [0.29, 0.717) is 40.6 Å². The third kappa shape index (κ3) is 7.46. The van der Waals surface area contributed by atoms with Crippen LogP contribution >= 0.6 is 11.6 Å². The van der Waals surface area contributed by atoms with Crippen LogP contribution < -0.4 is 21.5 Å². The van der Waals surface area contributed by atoms with Gasteiger partial charge in [-0.2, -0.15) is 0 Å². The van der Waals surface area contributed by atoms with Gasteiger partial charge in [0.1, 0.15) is 23.4 Å². The average Bonchev–Trinajstić information content (AvgIpc) is 3.80. The Bertz CT molecular complexity index is 1600. The van der Waals surface area contributed by atoms with Crippen molar-refractivity contribution in [2.75, 3.05) is 37.4 Å². The van der Waals surface area contributed by atoms with Gasteiger partial charge < -0.3 is 30.2 Å². The zero-order chi connectivity index (χ0) is 31.5. The molecule has 3 N–H and O–H groups in total. The molecule has 1 aliphatic heterocycles. The predicted molar refractivity (Wildman–Crippen MR) is 169 cm³/mol. The Morgan fingerprint density at radius 2 is 1.82 bits per heavy atom. The molecule has 1 saturated carbocycles. The SMILES string of the molecule is CO[C@@H](C)CNCc1cc(C(=O)Nc2cc(-c3ccc(Cl)cc3C(=O)N3CC(F)C3)cc(NC(C)C)n2)c(=O)n(C2CC2)c1. The lowest BCUT2D eigenvalue weighted by atomic mass is 9.98. The van der Waals surface area contributed by atoms with Crippen molar-refractivity contribution in [1.82, 2.24) is 19.8 Å². The summed E-state index contributed by atoms with van der Waals surface area (Å²) in [5.74, 6) is -0.247. The molecule has 0 spiro atoms. The summed E-state index contributed by atoms with van der Waals surface area (Å²) in [7, 11) is 1.64. The summed E-state index contributed by atoms with van der Waals surface area (Å²) in [6, 6.07) is 10.1. The van der Waals surface area contributed by atoms with Gasteiger partial charge in [-0.25, -0.2) is 9.37 Å². The molecule has 10 nitrogen and oxygen atoms in total. The number of nitrogens with one attached hydrogen (secondary N) is 3. The lowest BCUT2D eigenvalue weighted by Gasteiger charge is -2.34. The maximum absolute atomic E-state index is 13.6. The number of halogens is 2. The zero-order valence-corrected chi connectivity index (χ0v) is 26.1. The molecule has 12 heteroatoms. The quantitative estimate of drug-likeness (QED) is 0.263. The van der Waals surface area contributed by atoms with E-state index in [9.17, 15) is 18.8 Å². The molecule has 2 aliphatic rings. The molecule has 1 aromatic carbocycles.